The van der Waals surface area contributed by atoms with E-state index in [1.165, 1.54) is 6.92 Å². The molecule has 0 amide bonds. The first-order valence-corrected chi connectivity index (χ1v) is 5.05. The molecular formula is C10H11F7O3. The summed E-state index contributed by atoms with van der Waals surface area (Å²) in [4.78, 5) is 10.8. The van der Waals surface area contributed by atoms with Gasteiger partial charge in [-0.25, -0.2) is 4.79 Å². The lowest BCUT2D eigenvalue weighted by Crippen LogP contribution is -2.54. The van der Waals surface area contributed by atoms with Crippen LogP contribution in [0, 0.1) is 0 Å². The second-order valence-electron chi connectivity index (χ2n) is 3.75. The summed E-state index contributed by atoms with van der Waals surface area (Å²) in [5.41, 5.74) is -0.000986. The lowest BCUT2D eigenvalue weighted by Gasteiger charge is -2.27. The summed E-state index contributed by atoms with van der Waals surface area (Å²) in [6.45, 7) is 0.978. The minimum absolute atomic E-state index is 0.000986. The molecule has 0 saturated carbocycles. The molecule has 3 nitrogen and oxygen atoms in total. The third-order valence-corrected chi connectivity index (χ3v) is 1.91. The molecule has 0 heterocycles. The van der Waals surface area contributed by atoms with Crippen LogP contribution in [0.4, 0.5) is 30.7 Å². The number of hydrogen-bond acceptors (Lipinski definition) is 3. The summed E-state index contributed by atoms with van der Waals surface area (Å²) >= 11 is 0. The van der Waals surface area contributed by atoms with Crippen molar-refractivity contribution < 1.29 is 45.0 Å². The van der Waals surface area contributed by atoms with Gasteiger partial charge in [0.05, 0.1) is 6.61 Å². The average molecular weight is 312 g/mol. The molecule has 0 bridgehead atoms. The van der Waals surface area contributed by atoms with Crippen LogP contribution in [-0.4, -0.2) is 43.8 Å². The summed E-state index contributed by atoms with van der Waals surface area (Å²) < 4.78 is 93.7. The number of hydrogen-bond donors (Lipinski definition) is 0. The fourth-order valence-electron chi connectivity index (χ4n) is 0.815. The number of carbonyl (C=O) groups is 1. The van der Waals surface area contributed by atoms with Crippen LogP contribution in [0.5, 0.6) is 0 Å². The van der Waals surface area contributed by atoms with Gasteiger partial charge in [-0.1, -0.05) is 6.58 Å². The van der Waals surface area contributed by atoms with Crippen molar-refractivity contribution in [2.24, 2.45) is 0 Å². The molecule has 10 heteroatoms. The molecular weight excluding hydrogens is 301 g/mol. The van der Waals surface area contributed by atoms with Gasteiger partial charge in [-0.05, 0) is 6.92 Å². The highest BCUT2D eigenvalue weighted by Crippen LogP contribution is 2.46. The molecule has 0 radical (unpaired) electrons. The van der Waals surface area contributed by atoms with Crippen LogP contribution < -0.4 is 0 Å². The van der Waals surface area contributed by atoms with Gasteiger partial charge in [0.15, 0.2) is 0 Å². The van der Waals surface area contributed by atoms with E-state index in [4.69, 9.17) is 0 Å². The molecule has 0 aliphatic carbocycles. The van der Waals surface area contributed by atoms with Gasteiger partial charge in [0.25, 0.3) is 0 Å². The molecule has 0 unspecified atom stereocenters. The Morgan fingerprint density at radius 1 is 1.05 bits per heavy atom. The van der Waals surface area contributed by atoms with Crippen LogP contribution in [0.1, 0.15) is 6.92 Å². The smallest absolute Gasteiger partial charge is 0.459 e. The van der Waals surface area contributed by atoms with Crippen molar-refractivity contribution >= 4 is 5.97 Å². The SMILES string of the molecule is C=C(C)C(=O)OCCOCC(F)(F)C(F)(F)C(F)(F)F. The molecule has 0 aliphatic rings. The lowest BCUT2D eigenvalue weighted by atomic mass is 10.2. The van der Waals surface area contributed by atoms with Crippen LogP contribution in [0.25, 0.3) is 0 Å². The highest BCUT2D eigenvalue weighted by molar-refractivity contribution is 5.86. The van der Waals surface area contributed by atoms with Gasteiger partial charge in [0, 0.05) is 5.57 Å². The molecule has 118 valence electrons. The Hall–Kier alpha value is -1.32. The van der Waals surface area contributed by atoms with Crippen molar-refractivity contribution in [2.75, 3.05) is 19.8 Å². The number of rotatable bonds is 7. The molecule has 0 N–H and O–H groups in total. The normalized spacial score (nSPS) is 13.2. The van der Waals surface area contributed by atoms with Crippen LogP contribution in [0.2, 0.25) is 0 Å². The van der Waals surface area contributed by atoms with Crippen molar-refractivity contribution in [1.82, 2.24) is 0 Å². The predicted molar refractivity (Wildman–Crippen MR) is 52.5 cm³/mol. The zero-order valence-corrected chi connectivity index (χ0v) is 10.2. The minimum atomic E-state index is -6.40. The van der Waals surface area contributed by atoms with E-state index in [1.54, 1.807) is 0 Å². The van der Waals surface area contributed by atoms with Crippen molar-refractivity contribution in [1.29, 1.82) is 0 Å². The third-order valence-electron chi connectivity index (χ3n) is 1.91. The second-order valence-corrected chi connectivity index (χ2v) is 3.75. The summed E-state index contributed by atoms with van der Waals surface area (Å²) in [5, 5.41) is 0. The number of alkyl halides is 7. The molecule has 0 spiro atoms. The first-order valence-electron chi connectivity index (χ1n) is 5.05. The second kappa shape index (κ2) is 6.42. The lowest BCUT2D eigenvalue weighted by molar-refractivity contribution is -0.361. The van der Waals surface area contributed by atoms with Gasteiger partial charge in [0.1, 0.15) is 13.2 Å². The predicted octanol–water partition coefficient (Wildman–Crippen LogP) is 2.96. The Kier molecular flexibility index (Phi) is 6.00. The topological polar surface area (TPSA) is 35.5 Å². The maximum atomic E-state index is 12.7. The molecule has 0 rings (SSSR count). The number of esters is 1. The Morgan fingerprint density at radius 3 is 1.95 bits per heavy atom. The molecule has 20 heavy (non-hydrogen) atoms. The van der Waals surface area contributed by atoms with Crippen molar-refractivity contribution in [3.8, 4) is 0 Å². The van der Waals surface area contributed by atoms with E-state index in [0.29, 0.717) is 0 Å². The van der Waals surface area contributed by atoms with E-state index in [1.807, 2.05) is 0 Å². The fraction of sp³-hybridized carbons (Fsp3) is 0.700. The van der Waals surface area contributed by atoms with Gasteiger partial charge in [0.2, 0.25) is 0 Å². The average Bonchev–Trinajstić information content (AvgIpc) is 2.26. The Labute approximate surface area is 109 Å². The Balaban J connectivity index is 4.25. The summed E-state index contributed by atoms with van der Waals surface area (Å²) in [6.07, 6.45) is -6.40. The molecule has 0 atom stereocenters. The summed E-state index contributed by atoms with van der Waals surface area (Å²) in [6, 6.07) is 0. The zero-order valence-electron chi connectivity index (χ0n) is 10.2. The van der Waals surface area contributed by atoms with Crippen LogP contribution in [-0.2, 0) is 14.3 Å². The standard InChI is InChI=1S/C10H11F7O3/c1-6(2)7(18)20-4-3-19-5-8(11,12)9(13,14)10(15,16)17/h1,3-5H2,2H3. The zero-order chi connectivity index (χ0) is 16.2. The quantitative estimate of drug-likeness (QED) is 0.314. The van der Waals surface area contributed by atoms with E-state index in [2.05, 4.69) is 16.1 Å². The van der Waals surface area contributed by atoms with Gasteiger partial charge in [-0.15, -0.1) is 0 Å². The maximum absolute atomic E-state index is 12.7. The minimum Gasteiger partial charge on any atom is -0.460 e. The highest BCUT2D eigenvalue weighted by Gasteiger charge is 2.72. The van der Waals surface area contributed by atoms with Crippen molar-refractivity contribution in [3.05, 3.63) is 12.2 Å². The molecule has 0 saturated heterocycles. The Morgan fingerprint density at radius 2 is 1.55 bits per heavy atom. The number of carbonyl (C=O) groups excluding carboxylic acids is 1. The molecule has 0 aliphatic heterocycles. The van der Waals surface area contributed by atoms with E-state index in [-0.39, 0.29) is 5.57 Å². The van der Waals surface area contributed by atoms with Gasteiger partial charge < -0.3 is 9.47 Å². The van der Waals surface area contributed by atoms with Gasteiger partial charge in [-0.2, -0.15) is 30.7 Å². The molecule has 0 aromatic carbocycles. The third kappa shape index (κ3) is 4.66. The number of ether oxygens (including phenoxy) is 2. The van der Waals surface area contributed by atoms with E-state index in [0.717, 1.165) is 0 Å². The van der Waals surface area contributed by atoms with Crippen molar-refractivity contribution in [3.63, 3.8) is 0 Å². The van der Waals surface area contributed by atoms with Gasteiger partial charge >= 0.3 is 24.0 Å². The van der Waals surface area contributed by atoms with E-state index in [9.17, 15) is 35.5 Å². The molecule has 0 fully saturated rings. The van der Waals surface area contributed by atoms with Crippen LogP contribution in [0.3, 0.4) is 0 Å². The van der Waals surface area contributed by atoms with E-state index >= 15 is 0 Å². The summed E-state index contributed by atoms with van der Waals surface area (Å²) in [7, 11) is 0. The monoisotopic (exact) mass is 312 g/mol. The van der Waals surface area contributed by atoms with Crippen LogP contribution in [0.15, 0.2) is 12.2 Å². The number of halogens is 7. The maximum Gasteiger partial charge on any atom is 0.459 e. The highest BCUT2D eigenvalue weighted by atomic mass is 19.4. The largest absolute Gasteiger partial charge is 0.460 e. The first-order chi connectivity index (χ1) is 8.83. The van der Waals surface area contributed by atoms with E-state index < -0.39 is 43.8 Å². The molecule has 0 aromatic rings. The van der Waals surface area contributed by atoms with Crippen LogP contribution >= 0.6 is 0 Å². The fourth-order valence-corrected chi connectivity index (χ4v) is 0.815. The first kappa shape index (κ1) is 18.7. The molecule has 0 aromatic heterocycles. The van der Waals surface area contributed by atoms with Gasteiger partial charge in [-0.3, -0.25) is 0 Å². The Bertz CT molecular complexity index is 362. The summed E-state index contributed by atoms with van der Waals surface area (Å²) in [5.74, 6) is -12.5. The van der Waals surface area contributed by atoms with Crippen molar-refractivity contribution in [2.45, 2.75) is 24.9 Å².